The number of rotatable bonds is 9. The highest BCUT2D eigenvalue weighted by atomic mass is 16.5. The molecule has 3 rings (SSSR count). The molecule has 1 heterocycles. The average Bonchev–Trinajstić information content (AvgIpc) is 3.24. The summed E-state index contributed by atoms with van der Waals surface area (Å²) in [6, 6.07) is 12.4. The van der Waals surface area contributed by atoms with E-state index in [9.17, 15) is 9.90 Å². The number of fused-ring (bicyclic) bond motifs is 1. The Morgan fingerprint density at radius 3 is 2.20 bits per heavy atom. The van der Waals surface area contributed by atoms with Crippen LogP contribution in [0.3, 0.4) is 0 Å². The number of esters is 1. The fourth-order valence-electron chi connectivity index (χ4n) is 4.67. The van der Waals surface area contributed by atoms with E-state index in [1.54, 1.807) is 13.0 Å². The van der Waals surface area contributed by atoms with Gasteiger partial charge in [-0.05, 0) is 79.5 Å². The van der Waals surface area contributed by atoms with Crippen LogP contribution >= 0.6 is 0 Å². The summed E-state index contributed by atoms with van der Waals surface area (Å²) < 4.78 is 17.0. The number of aliphatic hydroxyl groups excluding tert-OH is 1. The number of aliphatic hydroxyl groups is 1. The predicted octanol–water partition coefficient (Wildman–Crippen LogP) is 7.12. The minimum atomic E-state index is -0.545. The fourth-order valence-corrected chi connectivity index (χ4v) is 4.67. The Labute approximate surface area is 209 Å². The molecule has 1 N–H and O–H groups in total. The first kappa shape index (κ1) is 26.8. The molecule has 35 heavy (non-hydrogen) atoms. The smallest absolute Gasteiger partial charge is 0.374 e. The molecular weight excluding hydrogens is 440 g/mol. The standard InChI is InChI=1S/C30H40O5/c1-9-30(10-2,22-12-13-24(19(4)14-22)34-18-26(31)29(6,7)8)23-15-20(5)27-21(16-23)17-25(35-27)28(32)33-11-3/h12-17,26,31H,9-11,18H2,1-8H3. The van der Waals surface area contributed by atoms with Crippen molar-refractivity contribution >= 4 is 16.9 Å². The van der Waals surface area contributed by atoms with E-state index in [0.717, 1.165) is 40.7 Å². The summed E-state index contributed by atoms with van der Waals surface area (Å²) in [6.45, 7) is 16.8. The van der Waals surface area contributed by atoms with Gasteiger partial charge in [0.1, 0.15) is 17.9 Å². The van der Waals surface area contributed by atoms with Gasteiger partial charge in [0.05, 0.1) is 12.7 Å². The van der Waals surface area contributed by atoms with Crippen LogP contribution < -0.4 is 4.74 Å². The number of furan rings is 1. The molecule has 0 saturated heterocycles. The van der Waals surface area contributed by atoms with Crippen LogP contribution in [-0.4, -0.2) is 30.4 Å². The third-order valence-corrected chi connectivity index (χ3v) is 7.16. The summed E-state index contributed by atoms with van der Waals surface area (Å²) in [7, 11) is 0. The lowest BCUT2D eigenvalue weighted by molar-refractivity contribution is 0.0216. The van der Waals surface area contributed by atoms with Crippen LogP contribution in [0.25, 0.3) is 11.0 Å². The Hall–Kier alpha value is -2.79. The maximum Gasteiger partial charge on any atom is 0.374 e. The molecule has 0 amide bonds. The second-order valence-electron chi connectivity index (χ2n) is 10.5. The number of aryl methyl sites for hydroxylation is 2. The van der Waals surface area contributed by atoms with Gasteiger partial charge in [-0.25, -0.2) is 4.79 Å². The number of hydrogen-bond donors (Lipinski definition) is 1. The highest BCUT2D eigenvalue weighted by molar-refractivity contribution is 5.93. The van der Waals surface area contributed by atoms with Gasteiger partial charge in [0.2, 0.25) is 5.76 Å². The normalized spacial score (nSPS) is 13.2. The molecule has 0 aliphatic rings. The maximum atomic E-state index is 12.2. The van der Waals surface area contributed by atoms with Crippen molar-refractivity contribution in [3.63, 3.8) is 0 Å². The van der Waals surface area contributed by atoms with Crippen LogP contribution in [0.4, 0.5) is 0 Å². The molecule has 0 radical (unpaired) electrons. The highest BCUT2D eigenvalue weighted by Crippen LogP contribution is 2.42. The summed E-state index contributed by atoms with van der Waals surface area (Å²) in [6.07, 6.45) is 1.29. The van der Waals surface area contributed by atoms with Crippen LogP contribution in [0.2, 0.25) is 0 Å². The van der Waals surface area contributed by atoms with Gasteiger partial charge < -0.3 is 19.0 Å². The zero-order chi connectivity index (χ0) is 26.0. The zero-order valence-corrected chi connectivity index (χ0v) is 22.5. The van der Waals surface area contributed by atoms with E-state index in [0.29, 0.717) is 6.61 Å². The van der Waals surface area contributed by atoms with E-state index >= 15 is 0 Å². The molecule has 1 aromatic heterocycles. The molecule has 2 aromatic carbocycles. The molecule has 0 bridgehead atoms. The van der Waals surface area contributed by atoms with Crippen molar-refractivity contribution in [2.24, 2.45) is 5.41 Å². The van der Waals surface area contributed by atoms with Crippen LogP contribution in [0, 0.1) is 19.3 Å². The lowest BCUT2D eigenvalue weighted by Gasteiger charge is -2.34. The summed E-state index contributed by atoms with van der Waals surface area (Å²) in [5.41, 5.74) is 4.73. The summed E-state index contributed by atoms with van der Waals surface area (Å²) in [4.78, 5) is 12.2. The molecule has 3 aromatic rings. The first-order valence-corrected chi connectivity index (χ1v) is 12.6. The van der Waals surface area contributed by atoms with Crippen molar-refractivity contribution in [1.29, 1.82) is 0 Å². The Balaban J connectivity index is 2.00. The Kier molecular flexibility index (Phi) is 8.00. The van der Waals surface area contributed by atoms with E-state index in [2.05, 4.69) is 45.0 Å². The predicted molar refractivity (Wildman–Crippen MR) is 140 cm³/mol. The second-order valence-corrected chi connectivity index (χ2v) is 10.5. The third-order valence-electron chi connectivity index (χ3n) is 7.16. The van der Waals surface area contributed by atoms with Gasteiger partial charge in [-0.3, -0.25) is 0 Å². The minimum Gasteiger partial charge on any atom is -0.491 e. The quantitative estimate of drug-likeness (QED) is 0.330. The first-order chi connectivity index (χ1) is 16.5. The lowest BCUT2D eigenvalue weighted by atomic mass is 9.70. The average molecular weight is 481 g/mol. The monoisotopic (exact) mass is 480 g/mol. The molecule has 1 atom stereocenters. The highest BCUT2D eigenvalue weighted by Gasteiger charge is 2.32. The van der Waals surface area contributed by atoms with Gasteiger partial charge in [-0.2, -0.15) is 0 Å². The van der Waals surface area contributed by atoms with E-state index < -0.39 is 12.1 Å². The maximum absolute atomic E-state index is 12.2. The van der Waals surface area contributed by atoms with E-state index in [1.807, 2.05) is 33.8 Å². The van der Waals surface area contributed by atoms with Crippen LogP contribution in [-0.2, 0) is 10.2 Å². The van der Waals surface area contributed by atoms with Gasteiger partial charge in [0, 0.05) is 10.8 Å². The van der Waals surface area contributed by atoms with Crippen LogP contribution in [0.5, 0.6) is 5.75 Å². The molecule has 5 nitrogen and oxygen atoms in total. The molecule has 0 aliphatic carbocycles. The SMILES string of the molecule is CCOC(=O)c1cc2cc(C(CC)(CC)c3ccc(OCC(O)C(C)(C)C)c(C)c3)cc(C)c2o1. The number of benzene rings is 2. The Morgan fingerprint density at radius 1 is 0.971 bits per heavy atom. The lowest BCUT2D eigenvalue weighted by Crippen LogP contribution is -2.32. The fraction of sp³-hybridized carbons (Fsp3) is 0.500. The van der Waals surface area contributed by atoms with E-state index in [1.165, 1.54) is 11.1 Å². The van der Waals surface area contributed by atoms with Crippen molar-refractivity contribution in [3.8, 4) is 5.75 Å². The first-order valence-electron chi connectivity index (χ1n) is 12.6. The Bertz CT molecular complexity index is 1180. The summed E-state index contributed by atoms with van der Waals surface area (Å²) in [5.74, 6) is 0.582. The molecule has 1 unspecified atom stereocenters. The summed E-state index contributed by atoms with van der Waals surface area (Å²) in [5, 5.41) is 11.3. The van der Waals surface area contributed by atoms with Gasteiger partial charge >= 0.3 is 5.97 Å². The molecule has 0 saturated carbocycles. The minimum absolute atomic E-state index is 0.200. The molecule has 0 fully saturated rings. The van der Waals surface area contributed by atoms with Gasteiger partial charge in [-0.15, -0.1) is 0 Å². The van der Waals surface area contributed by atoms with Crippen LogP contribution in [0.1, 0.15) is 87.2 Å². The number of carbonyl (C=O) groups is 1. The molecule has 0 aliphatic heterocycles. The zero-order valence-electron chi connectivity index (χ0n) is 22.5. The van der Waals surface area contributed by atoms with E-state index in [-0.39, 0.29) is 23.2 Å². The van der Waals surface area contributed by atoms with Gasteiger partial charge in [-0.1, -0.05) is 52.8 Å². The number of ether oxygens (including phenoxy) is 2. The van der Waals surface area contributed by atoms with Crippen molar-refractivity contribution < 1.29 is 23.8 Å². The van der Waals surface area contributed by atoms with Crippen molar-refractivity contribution in [2.45, 2.75) is 79.8 Å². The largest absolute Gasteiger partial charge is 0.491 e. The van der Waals surface area contributed by atoms with Crippen molar-refractivity contribution in [2.75, 3.05) is 13.2 Å². The van der Waals surface area contributed by atoms with Crippen molar-refractivity contribution in [3.05, 3.63) is 64.4 Å². The number of hydrogen-bond acceptors (Lipinski definition) is 5. The van der Waals surface area contributed by atoms with Gasteiger partial charge in [0.25, 0.3) is 0 Å². The van der Waals surface area contributed by atoms with Crippen LogP contribution in [0.15, 0.2) is 40.8 Å². The molecular formula is C30H40O5. The second kappa shape index (κ2) is 10.4. The third kappa shape index (κ3) is 5.40. The van der Waals surface area contributed by atoms with Crippen molar-refractivity contribution in [1.82, 2.24) is 0 Å². The summed E-state index contributed by atoms with van der Waals surface area (Å²) >= 11 is 0. The molecule has 190 valence electrons. The number of carbonyl (C=O) groups excluding carboxylic acids is 1. The Morgan fingerprint density at radius 2 is 1.63 bits per heavy atom. The topological polar surface area (TPSA) is 68.9 Å². The van der Waals surface area contributed by atoms with Gasteiger partial charge in [0.15, 0.2) is 0 Å². The molecule has 5 heteroatoms. The molecule has 0 spiro atoms. The van der Waals surface area contributed by atoms with E-state index in [4.69, 9.17) is 13.9 Å².